The summed E-state index contributed by atoms with van der Waals surface area (Å²) in [4.78, 5) is 12.2. The minimum Gasteiger partial charge on any atom is -0.454 e. The van der Waals surface area contributed by atoms with Gasteiger partial charge in [0.15, 0.2) is 11.5 Å². The van der Waals surface area contributed by atoms with Crippen LogP contribution in [0.2, 0.25) is 0 Å². The summed E-state index contributed by atoms with van der Waals surface area (Å²) in [6, 6.07) is 5.88. The van der Waals surface area contributed by atoms with E-state index in [9.17, 15) is 4.79 Å². The SMILES string of the molecule is C[C@H]1C[C@@H](C(=O)Nc2ccc3c(c2)OCO3)CCN1.Cl. The average molecular weight is 299 g/mol. The van der Waals surface area contributed by atoms with E-state index in [4.69, 9.17) is 9.47 Å². The van der Waals surface area contributed by atoms with Gasteiger partial charge < -0.3 is 20.1 Å². The molecule has 0 radical (unpaired) electrons. The van der Waals surface area contributed by atoms with Crippen molar-refractivity contribution < 1.29 is 14.3 Å². The number of ether oxygens (including phenoxy) is 2. The van der Waals surface area contributed by atoms with E-state index in [2.05, 4.69) is 17.6 Å². The summed E-state index contributed by atoms with van der Waals surface area (Å²) >= 11 is 0. The molecule has 6 heteroatoms. The number of hydrogen-bond acceptors (Lipinski definition) is 4. The Morgan fingerprint density at radius 1 is 1.35 bits per heavy atom. The van der Waals surface area contributed by atoms with E-state index in [-0.39, 0.29) is 31.0 Å². The first kappa shape index (κ1) is 14.9. The predicted octanol–water partition coefficient (Wildman–Crippen LogP) is 2.16. The molecule has 0 bridgehead atoms. The van der Waals surface area contributed by atoms with Gasteiger partial charge in [0.05, 0.1) is 0 Å². The van der Waals surface area contributed by atoms with Crippen molar-refractivity contribution in [2.75, 3.05) is 18.7 Å². The maximum Gasteiger partial charge on any atom is 0.231 e. The van der Waals surface area contributed by atoms with Crippen LogP contribution < -0.4 is 20.1 Å². The molecule has 0 unspecified atom stereocenters. The number of nitrogens with one attached hydrogen (secondary N) is 2. The van der Waals surface area contributed by atoms with E-state index in [0.717, 1.165) is 30.8 Å². The van der Waals surface area contributed by atoms with E-state index in [1.54, 1.807) is 0 Å². The largest absolute Gasteiger partial charge is 0.454 e. The number of carbonyl (C=O) groups is 1. The smallest absolute Gasteiger partial charge is 0.231 e. The number of halogens is 1. The summed E-state index contributed by atoms with van der Waals surface area (Å²) in [6.07, 6.45) is 1.77. The molecule has 0 aromatic heterocycles. The summed E-state index contributed by atoms with van der Waals surface area (Å²) in [6.45, 7) is 3.26. The van der Waals surface area contributed by atoms with Gasteiger partial charge in [0.2, 0.25) is 12.7 Å². The fourth-order valence-corrected chi connectivity index (χ4v) is 2.59. The van der Waals surface area contributed by atoms with Crippen LogP contribution in [0.1, 0.15) is 19.8 Å². The minimum absolute atomic E-state index is 0. The molecule has 1 aromatic carbocycles. The molecule has 20 heavy (non-hydrogen) atoms. The van der Waals surface area contributed by atoms with Gasteiger partial charge in [-0.05, 0) is 38.4 Å². The van der Waals surface area contributed by atoms with E-state index in [0.29, 0.717) is 11.8 Å². The first-order chi connectivity index (χ1) is 9.22. The molecule has 3 rings (SSSR count). The second-order valence-corrected chi connectivity index (χ2v) is 5.13. The predicted molar refractivity (Wildman–Crippen MR) is 78.6 cm³/mol. The topological polar surface area (TPSA) is 59.6 Å². The van der Waals surface area contributed by atoms with Gasteiger partial charge in [-0.1, -0.05) is 0 Å². The van der Waals surface area contributed by atoms with Crippen molar-refractivity contribution in [3.05, 3.63) is 18.2 Å². The van der Waals surface area contributed by atoms with Gasteiger partial charge in [0, 0.05) is 23.7 Å². The van der Waals surface area contributed by atoms with Crippen molar-refractivity contribution in [1.82, 2.24) is 5.32 Å². The lowest BCUT2D eigenvalue weighted by Crippen LogP contribution is -2.40. The minimum atomic E-state index is 0. The molecule has 110 valence electrons. The summed E-state index contributed by atoms with van der Waals surface area (Å²) in [5.74, 6) is 1.60. The zero-order valence-electron chi connectivity index (χ0n) is 11.3. The Bertz CT molecular complexity index is 495. The third-order valence-electron chi connectivity index (χ3n) is 3.63. The Hall–Kier alpha value is -1.46. The standard InChI is InChI=1S/C14H18N2O3.ClH/c1-9-6-10(4-5-15-9)14(17)16-11-2-3-12-13(7-11)19-8-18-12;/h2-3,7,9-10,15H,4-6,8H2,1H3,(H,16,17);1H/t9-,10-;/m0./s1. The van der Waals surface area contributed by atoms with Crippen molar-refractivity contribution in [3.63, 3.8) is 0 Å². The highest BCUT2D eigenvalue weighted by Gasteiger charge is 2.25. The van der Waals surface area contributed by atoms with E-state index in [1.807, 2.05) is 18.2 Å². The van der Waals surface area contributed by atoms with Crippen LogP contribution in [0.3, 0.4) is 0 Å². The fraction of sp³-hybridized carbons (Fsp3) is 0.500. The Morgan fingerprint density at radius 2 is 2.15 bits per heavy atom. The summed E-state index contributed by atoms with van der Waals surface area (Å²) in [5.41, 5.74) is 0.764. The van der Waals surface area contributed by atoms with E-state index in [1.165, 1.54) is 0 Å². The van der Waals surface area contributed by atoms with Gasteiger partial charge in [-0.3, -0.25) is 4.79 Å². The second kappa shape index (κ2) is 6.33. The van der Waals surface area contributed by atoms with Crippen LogP contribution in [-0.2, 0) is 4.79 Å². The lowest BCUT2D eigenvalue weighted by Gasteiger charge is -2.27. The number of amides is 1. The zero-order chi connectivity index (χ0) is 13.2. The van der Waals surface area contributed by atoms with Crippen molar-refractivity contribution >= 4 is 24.0 Å². The van der Waals surface area contributed by atoms with Crippen LogP contribution in [0.25, 0.3) is 0 Å². The average Bonchev–Trinajstić information content (AvgIpc) is 2.86. The van der Waals surface area contributed by atoms with Gasteiger partial charge in [-0.25, -0.2) is 0 Å². The molecule has 2 aliphatic rings. The highest BCUT2D eigenvalue weighted by Crippen LogP contribution is 2.34. The summed E-state index contributed by atoms with van der Waals surface area (Å²) < 4.78 is 10.5. The van der Waals surface area contributed by atoms with Gasteiger partial charge in [-0.15, -0.1) is 12.4 Å². The normalized spacial score (nSPS) is 23.9. The summed E-state index contributed by atoms with van der Waals surface area (Å²) in [5, 5.41) is 6.31. The third-order valence-corrected chi connectivity index (χ3v) is 3.63. The van der Waals surface area contributed by atoms with E-state index < -0.39 is 0 Å². The van der Waals surface area contributed by atoms with Crippen molar-refractivity contribution in [2.45, 2.75) is 25.8 Å². The molecule has 1 amide bonds. The monoisotopic (exact) mass is 298 g/mol. The van der Waals surface area contributed by atoms with Gasteiger partial charge in [-0.2, -0.15) is 0 Å². The molecule has 0 saturated carbocycles. The number of piperidine rings is 1. The molecule has 1 aromatic rings. The number of fused-ring (bicyclic) bond motifs is 1. The van der Waals surface area contributed by atoms with Crippen molar-refractivity contribution in [3.8, 4) is 11.5 Å². The van der Waals surface area contributed by atoms with Crippen LogP contribution in [0.5, 0.6) is 11.5 Å². The lowest BCUT2D eigenvalue weighted by molar-refractivity contribution is -0.120. The first-order valence-electron chi connectivity index (χ1n) is 6.66. The van der Waals surface area contributed by atoms with Crippen LogP contribution in [0.15, 0.2) is 18.2 Å². The molecule has 0 aliphatic carbocycles. The maximum atomic E-state index is 12.2. The quantitative estimate of drug-likeness (QED) is 0.878. The van der Waals surface area contributed by atoms with Crippen LogP contribution in [-0.4, -0.2) is 25.3 Å². The highest BCUT2D eigenvalue weighted by molar-refractivity contribution is 5.93. The lowest BCUT2D eigenvalue weighted by atomic mass is 9.92. The van der Waals surface area contributed by atoms with Crippen LogP contribution in [0, 0.1) is 5.92 Å². The van der Waals surface area contributed by atoms with Crippen molar-refractivity contribution in [1.29, 1.82) is 0 Å². The maximum absolute atomic E-state index is 12.2. The molecule has 2 N–H and O–H groups in total. The number of hydrogen-bond donors (Lipinski definition) is 2. The van der Waals surface area contributed by atoms with Gasteiger partial charge in [0.25, 0.3) is 0 Å². The number of carbonyl (C=O) groups excluding carboxylic acids is 1. The number of benzene rings is 1. The van der Waals surface area contributed by atoms with Gasteiger partial charge in [0.1, 0.15) is 0 Å². The number of rotatable bonds is 2. The molecule has 2 aliphatic heterocycles. The molecule has 1 saturated heterocycles. The van der Waals surface area contributed by atoms with Crippen LogP contribution in [0.4, 0.5) is 5.69 Å². The Labute approximate surface area is 124 Å². The van der Waals surface area contributed by atoms with Gasteiger partial charge >= 0.3 is 0 Å². The van der Waals surface area contributed by atoms with Crippen molar-refractivity contribution in [2.24, 2.45) is 5.92 Å². The zero-order valence-corrected chi connectivity index (χ0v) is 12.2. The Kier molecular flexibility index (Phi) is 4.73. The molecule has 5 nitrogen and oxygen atoms in total. The molecular weight excluding hydrogens is 280 g/mol. The Balaban J connectivity index is 0.00000147. The third kappa shape index (κ3) is 3.16. The second-order valence-electron chi connectivity index (χ2n) is 5.13. The highest BCUT2D eigenvalue weighted by atomic mass is 35.5. The van der Waals surface area contributed by atoms with Crippen LogP contribution >= 0.6 is 12.4 Å². The molecule has 0 spiro atoms. The first-order valence-corrected chi connectivity index (χ1v) is 6.66. The molecule has 2 heterocycles. The Morgan fingerprint density at radius 3 is 2.95 bits per heavy atom. The molecular formula is C14H19ClN2O3. The van der Waals surface area contributed by atoms with E-state index >= 15 is 0 Å². The number of anilines is 1. The summed E-state index contributed by atoms with van der Waals surface area (Å²) in [7, 11) is 0. The molecule has 1 fully saturated rings. The molecule has 2 atom stereocenters. The fourth-order valence-electron chi connectivity index (χ4n) is 2.59.